The van der Waals surface area contributed by atoms with E-state index in [1.54, 1.807) is 6.07 Å². The minimum atomic E-state index is 0.508. The zero-order valence-corrected chi connectivity index (χ0v) is 9.10. The summed E-state index contributed by atoms with van der Waals surface area (Å²) in [6.07, 6.45) is 1.59. The van der Waals surface area contributed by atoms with Gasteiger partial charge in [0.15, 0.2) is 0 Å². The molecule has 0 saturated carbocycles. The molecule has 14 heavy (non-hydrogen) atoms. The smallest absolute Gasteiger partial charge is 0.150 e. The van der Waals surface area contributed by atoms with Gasteiger partial charge < -0.3 is 4.74 Å². The largest absolute Gasteiger partial charge is 0.492 e. The highest BCUT2D eigenvalue weighted by Gasteiger charge is 2.08. The van der Waals surface area contributed by atoms with E-state index in [1.165, 1.54) is 0 Å². The van der Waals surface area contributed by atoms with Crippen molar-refractivity contribution in [2.45, 2.75) is 20.3 Å². The van der Waals surface area contributed by atoms with Gasteiger partial charge >= 0.3 is 0 Å². The standard InChI is InChI=1S/C11H13ClO2/c1-3-9-5-8(7-13)6-10(12)11(9)14-4-2/h5-7H,3-4H2,1-2H3. The summed E-state index contributed by atoms with van der Waals surface area (Å²) in [7, 11) is 0. The van der Waals surface area contributed by atoms with Crippen LogP contribution < -0.4 is 4.74 Å². The Hall–Kier alpha value is -1.02. The highest BCUT2D eigenvalue weighted by Crippen LogP contribution is 2.30. The van der Waals surface area contributed by atoms with Gasteiger partial charge in [-0.25, -0.2) is 0 Å². The van der Waals surface area contributed by atoms with Gasteiger partial charge in [-0.2, -0.15) is 0 Å². The molecule has 3 heteroatoms. The Labute approximate surface area is 88.8 Å². The fourth-order valence-corrected chi connectivity index (χ4v) is 1.61. The fourth-order valence-electron chi connectivity index (χ4n) is 1.31. The number of aldehydes is 1. The summed E-state index contributed by atoms with van der Waals surface area (Å²) < 4.78 is 5.41. The first kappa shape index (κ1) is 11.1. The molecule has 1 aromatic carbocycles. The number of ether oxygens (including phenoxy) is 1. The van der Waals surface area contributed by atoms with Crippen molar-refractivity contribution < 1.29 is 9.53 Å². The molecule has 0 bridgehead atoms. The van der Waals surface area contributed by atoms with Crippen molar-refractivity contribution in [1.82, 2.24) is 0 Å². The van der Waals surface area contributed by atoms with Gasteiger partial charge in [0.05, 0.1) is 11.6 Å². The van der Waals surface area contributed by atoms with Crippen LogP contribution in [0.25, 0.3) is 0 Å². The van der Waals surface area contributed by atoms with Crippen LogP contribution in [0.3, 0.4) is 0 Å². The number of rotatable bonds is 4. The van der Waals surface area contributed by atoms with E-state index >= 15 is 0 Å². The average Bonchev–Trinajstić information content (AvgIpc) is 2.20. The van der Waals surface area contributed by atoms with Crippen LogP contribution in [0.4, 0.5) is 0 Å². The van der Waals surface area contributed by atoms with E-state index in [-0.39, 0.29) is 0 Å². The Morgan fingerprint density at radius 3 is 2.64 bits per heavy atom. The molecule has 2 nitrogen and oxygen atoms in total. The number of carbonyl (C=O) groups is 1. The summed E-state index contributed by atoms with van der Waals surface area (Å²) in [5.74, 6) is 0.697. The van der Waals surface area contributed by atoms with E-state index in [0.29, 0.717) is 22.9 Å². The summed E-state index contributed by atoms with van der Waals surface area (Å²) in [6.45, 7) is 4.49. The third-order valence-electron chi connectivity index (χ3n) is 1.95. The monoisotopic (exact) mass is 212 g/mol. The van der Waals surface area contributed by atoms with Crippen molar-refractivity contribution in [1.29, 1.82) is 0 Å². The van der Waals surface area contributed by atoms with E-state index in [9.17, 15) is 4.79 Å². The molecule has 1 rings (SSSR count). The molecule has 0 fully saturated rings. The second-order valence-electron chi connectivity index (χ2n) is 2.90. The SMILES string of the molecule is CCOc1c(Cl)cc(C=O)cc1CC. The maximum atomic E-state index is 10.6. The van der Waals surface area contributed by atoms with Crippen molar-refractivity contribution in [3.8, 4) is 5.75 Å². The maximum absolute atomic E-state index is 10.6. The van der Waals surface area contributed by atoms with E-state index < -0.39 is 0 Å². The lowest BCUT2D eigenvalue weighted by Crippen LogP contribution is -1.98. The van der Waals surface area contributed by atoms with Crippen LogP contribution in [0.5, 0.6) is 5.75 Å². The highest BCUT2D eigenvalue weighted by molar-refractivity contribution is 6.32. The molecular weight excluding hydrogens is 200 g/mol. The van der Waals surface area contributed by atoms with E-state index in [0.717, 1.165) is 18.3 Å². The molecule has 0 radical (unpaired) electrons. The van der Waals surface area contributed by atoms with Gasteiger partial charge in [0.25, 0.3) is 0 Å². The molecule has 0 saturated heterocycles. The van der Waals surface area contributed by atoms with Gasteiger partial charge in [0.2, 0.25) is 0 Å². The van der Waals surface area contributed by atoms with E-state index in [4.69, 9.17) is 16.3 Å². The zero-order chi connectivity index (χ0) is 10.6. The third-order valence-corrected chi connectivity index (χ3v) is 2.23. The number of hydrogen-bond acceptors (Lipinski definition) is 2. The average molecular weight is 213 g/mol. The first-order valence-electron chi connectivity index (χ1n) is 4.63. The first-order valence-corrected chi connectivity index (χ1v) is 5.01. The first-order chi connectivity index (χ1) is 6.72. The minimum absolute atomic E-state index is 0.508. The van der Waals surface area contributed by atoms with Crippen molar-refractivity contribution >= 4 is 17.9 Å². The maximum Gasteiger partial charge on any atom is 0.150 e. The Morgan fingerprint density at radius 2 is 2.14 bits per heavy atom. The lowest BCUT2D eigenvalue weighted by Gasteiger charge is -2.11. The summed E-state index contributed by atoms with van der Waals surface area (Å²) in [4.78, 5) is 10.6. The van der Waals surface area contributed by atoms with Crippen LogP contribution in [0.15, 0.2) is 12.1 Å². The Morgan fingerprint density at radius 1 is 1.43 bits per heavy atom. The van der Waals surface area contributed by atoms with Gasteiger partial charge in [-0.1, -0.05) is 18.5 Å². The number of hydrogen-bond donors (Lipinski definition) is 0. The van der Waals surface area contributed by atoms with Gasteiger partial charge in [-0.15, -0.1) is 0 Å². The molecule has 0 aliphatic carbocycles. The molecule has 0 aliphatic heterocycles. The van der Waals surface area contributed by atoms with E-state index in [1.807, 2.05) is 19.9 Å². The number of carbonyl (C=O) groups excluding carboxylic acids is 1. The quantitative estimate of drug-likeness (QED) is 0.717. The van der Waals surface area contributed by atoms with Gasteiger partial charge in [0, 0.05) is 5.56 Å². The van der Waals surface area contributed by atoms with Crippen molar-refractivity contribution in [3.63, 3.8) is 0 Å². The van der Waals surface area contributed by atoms with Crippen molar-refractivity contribution in [2.24, 2.45) is 0 Å². The highest BCUT2D eigenvalue weighted by atomic mass is 35.5. The Bertz CT molecular complexity index is 334. The molecular formula is C11H13ClO2. The normalized spacial score (nSPS) is 9.93. The Kier molecular flexibility index (Phi) is 3.96. The molecule has 0 amide bonds. The molecule has 0 spiro atoms. The molecule has 1 aromatic rings. The predicted octanol–water partition coefficient (Wildman–Crippen LogP) is 3.11. The lowest BCUT2D eigenvalue weighted by atomic mass is 10.1. The summed E-state index contributed by atoms with van der Waals surface area (Å²) >= 11 is 5.99. The fraction of sp³-hybridized carbons (Fsp3) is 0.364. The third kappa shape index (κ3) is 2.26. The predicted molar refractivity (Wildman–Crippen MR) is 57.4 cm³/mol. The molecule has 0 heterocycles. The summed E-state index contributed by atoms with van der Waals surface area (Å²) in [6, 6.07) is 3.43. The Balaban J connectivity index is 3.19. The molecule has 0 unspecified atom stereocenters. The van der Waals surface area contributed by atoms with Crippen LogP contribution in [-0.4, -0.2) is 12.9 Å². The molecule has 0 aliphatic rings. The lowest BCUT2D eigenvalue weighted by molar-refractivity contribution is 0.112. The van der Waals surface area contributed by atoms with Crippen LogP contribution in [0.2, 0.25) is 5.02 Å². The summed E-state index contributed by atoms with van der Waals surface area (Å²) in [5.41, 5.74) is 1.57. The van der Waals surface area contributed by atoms with Gasteiger partial charge in [-0.05, 0) is 31.0 Å². The number of benzene rings is 1. The number of halogens is 1. The molecule has 0 N–H and O–H groups in total. The van der Waals surface area contributed by atoms with Gasteiger partial charge in [0.1, 0.15) is 12.0 Å². The van der Waals surface area contributed by atoms with Crippen LogP contribution in [0, 0.1) is 0 Å². The second kappa shape index (κ2) is 5.01. The summed E-state index contributed by atoms with van der Waals surface area (Å²) in [5, 5.41) is 0.508. The molecule has 76 valence electrons. The van der Waals surface area contributed by atoms with Crippen LogP contribution in [0.1, 0.15) is 29.8 Å². The second-order valence-corrected chi connectivity index (χ2v) is 3.30. The van der Waals surface area contributed by atoms with Crippen LogP contribution in [-0.2, 0) is 6.42 Å². The van der Waals surface area contributed by atoms with Gasteiger partial charge in [-0.3, -0.25) is 4.79 Å². The van der Waals surface area contributed by atoms with E-state index in [2.05, 4.69) is 0 Å². The minimum Gasteiger partial charge on any atom is -0.492 e. The topological polar surface area (TPSA) is 26.3 Å². The van der Waals surface area contributed by atoms with Crippen molar-refractivity contribution in [2.75, 3.05) is 6.61 Å². The molecule has 0 atom stereocenters. The van der Waals surface area contributed by atoms with Crippen LogP contribution >= 0.6 is 11.6 Å². The molecule has 0 aromatic heterocycles. The number of aryl methyl sites for hydroxylation is 1. The van der Waals surface area contributed by atoms with Crippen molar-refractivity contribution in [3.05, 3.63) is 28.3 Å². The zero-order valence-electron chi connectivity index (χ0n) is 8.34.